The van der Waals surface area contributed by atoms with Crippen LogP contribution in [-0.2, 0) is 26.9 Å². The molecule has 9 heteroatoms. The number of aryl methyl sites for hydroxylation is 1. The number of hydrogen-bond donors (Lipinski definition) is 1. The van der Waals surface area contributed by atoms with Gasteiger partial charge in [-0.3, -0.25) is 4.79 Å². The predicted molar refractivity (Wildman–Crippen MR) is 107 cm³/mol. The van der Waals surface area contributed by atoms with E-state index in [1.54, 1.807) is 37.3 Å². The highest BCUT2D eigenvalue weighted by molar-refractivity contribution is 7.91. The van der Waals surface area contributed by atoms with Crippen molar-refractivity contribution in [1.82, 2.24) is 10.3 Å². The van der Waals surface area contributed by atoms with Gasteiger partial charge in [-0.15, -0.1) is 0 Å². The van der Waals surface area contributed by atoms with Crippen LogP contribution in [0.15, 0.2) is 52.9 Å². The van der Waals surface area contributed by atoms with Gasteiger partial charge in [0.2, 0.25) is 11.8 Å². The fourth-order valence-electron chi connectivity index (χ4n) is 2.66. The van der Waals surface area contributed by atoms with E-state index in [-0.39, 0.29) is 29.5 Å². The van der Waals surface area contributed by atoms with E-state index in [0.29, 0.717) is 10.6 Å². The molecule has 1 heterocycles. The summed E-state index contributed by atoms with van der Waals surface area (Å²) < 4.78 is 44.1. The predicted octanol–water partition coefficient (Wildman–Crippen LogP) is 3.67. The van der Waals surface area contributed by atoms with Crippen LogP contribution in [0.4, 0.5) is 4.39 Å². The zero-order chi connectivity index (χ0) is 21.0. The van der Waals surface area contributed by atoms with Crippen LogP contribution in [0.5, 0.6) is 0 Å². The number of nitrogens with zero attached hydrogens (tertiary/aromatic N) is 1. The SMILES string of the molecule is Cc1oc(-c2ccccc2F)nc1CS(=O)(=O)CC(=O)NCc1ccccc1Cl. The van der Waals surface area contributed by atoms with Gasteiger partial charge in [0.25, 0.3) is 0 Å². The fraction of sp³-hybridized carbons (Fsp3) is 0.200. The number of carbonyl (C=O) groups is 1. The molecule has 1 aromatic heterocycles. The summed E-state index contributed by atoms with van der Waals surface area (Å²) in [5.74, 6) is -2.13. The van der Waals surface area contributed by atoms with Gasteiger partial charge in [-0.1, -0.05) is 41.9 Å². The molecule has 0 aliphatic rings. The molecule has 0 fully saturated rings. The van der Waals surface area contributed by atoms with E-state index in [4.69, 9.17) is 16.0 Å². The maximum atomic E-state index is 13.9. The lowest BCUT2D eigenvalue weighted by Crippen LogP contribution is -2.30. The number of oxazole rings is 1. The average Bonchev–Trinajstić information content (AvgIpc) is 3.00. The van der Waals surface area contributed by atoms with Gasteiger partial charge in [0.1, 0.15) is 17.3 Å². The molecule has 0 unspecified atom stereocenters. The Morgan fingerprint density at radius 1 is 1.17 bits per heavy atom. The first kappa shape index (κ1) is 21.0. The van der Waals surface area contributed by atoms with Gasteiger partial charge in [-0.05, 0) is 30.7 Å². The molecule has 0 radical (unpaired) electrons. The minimum absolute atomic E-state index is 0.00558. The standard InChI is InChI=1S/C20H18ClFN2O4S/c1-13-18(24-20(28-13)15-7-3-5-9-17(15)22)11-29(26,27)12-19(25)23-10-14-6-2-4-8-16(14)21/h2-9H,10-12H2,1H3,(H,23,25). The molecule has 0 atom stereocenters. The molecule has 3 aromatic rings. The molecule has 1 amide bonds. The third kappa shape index (κ3) is 5.42. The quantitative estimate of drug-likeness (QED) is 0.610. The van der Waals surface area contributed by atoms with Crippen molar-refractivity contribution in [2.24, 2.45) is 0 Å². The van der Waals surface area contributed by atoms with Crippen LogP contribution in [0.3, 0.4) is 0 Å². The second-order valence-corrected chi connectivity index (χ2v) is 8.87. The first-order valence-electron chi connectivity index (χ1n) is 8.67. The van der Waals surface area contributed by atoms with Gasteiger partial charge < -0.3 is 9.73 Å². The lowest BCUT2D eigenvalue weighted by atomic mass is 10.2. The molecule has 3 rings (SSSR count). The maximum absolute atomic E-state index is 13.9. The highest BCUT2D eigenvalue weighted by Crippen LogP contribution is 2.25. The Morgan fingerprint density at radius 2 is 1.86 bits per heavy atom. The van der Waals surface area contributed by atoms with Crippen molar-refractivity contribution in [3.8, 4) is 11.5 Å². The van der Waals surface area contributed by atoms with Crippen molar-refractivity contribution < 1.29 is 22.0 Å². The van der Waals surface area contributed by atoms with E-state index in [1.165, 1.54) is 18.2 Å². The van der Waals surface area contributed by atoms with Gasteiger partial charge >= 0.3 is 0 Å². The highest BCUT2D eigenvalue weighted by Gasteiger charge is 2.23. The Balaban J connectivity index is 1.66. The number of aromatic nitrogens is 1. The van der Waals surface area contributed by atoms with Crippen LogP contribution in [0.2, 0.25) is 5.02 Å². The van der Waals surface area contributed by atoms with Gasteiger partial charge in [-0.2, -0.15) is 0 Å². The number of amides is 1. The van der Waals surface area contributed by atoms with E-state index < -0.39 is 33.1 Å². The van der Waals surface area contributed by atoms with Crippen molar-refractivity contribution in [2.75, 3.05) is 5.75 Å². The second-order valence-electron chi connectivity index (χ2n) is 6.40. The summed E-state index contributed by atoms with van der Waals surface area (Å²) in [5.41, 5.74) is 0.959. The Bertz CT molecular complexity index is 1140. The van der Waals surface area contributed by atoms with Gasteiger partial charge in [0, 0.05) is 11.6 Å². The summed E-state index contributed by atoms with van der Waals surface area (Å²) in [5, 5.41) is 3.02. The largest absolute Gasteiger partial charge is 0.441 e. The molecule has 29 heavy (non-hydrogen) atoms. The Hall–Kier alpha value is -2.71. The van der Waals surface area contributed by atoms with E-state index in [2.05, 4.69) is 10.3 Å². The third-order valence-corrected chi connectivity index (χ3v) is 5.92. The number of carbonyl (C=O) groups excluding carboxylic acids is 1. The summed E-state index contributed by atoms with van der Waals surface area (Å²) in [6.07, 6.45) is 0. The lowest BCUT2D eigenvalue weighted by molar-refractivity contribution is -0.118. The Morgan fingerprint density at radius 3 is 2.59 bits per heavy atom. The summed E-state index contributed by atoms with van der Waals surface area (Å²) in [7, 11) is -3.81. The average molecular weight is 437 g/mol. The zero-order valence-corrected chi connectivity index (χ0v) is 17.1. The van der Waals surface area contributed by atoms with Crippen molar-refractivity contribution in [2.45, 2.75) is 19.2 Å². The summed E-state index contributed by atoms with van der Waals surface area (Å²) >= 11 is 6.01. The maximum Gasteiger partial charge on any atom is 0.235 e. The fourth-order valence-corrected chi connectivity index (χ4v) is 4.15. The van der Waals surface area contributed by atoms with Crippen molar-refractivity contribution >= 4 is 27.3 Å². The van der Waals surface area contributed by atoms with Gasteiger partial charge in [-0.25, -0.2) is 17.8 Å². The van der Waals surface area contributed by atoms with Crippen LogP contribution in [0.1, 0.15) is 17.0 Å². The zero-order valence-electron chi connectivity index (χ0n) is 15.5. The Kier molecular flexibility index (Phi) is 6.34. The van der Waals surface area contributed by atoms with Crippen LogP contribution in [0, 0.1) is 12.7 Å². The molecule has 0 spiro atoms. The molecular formula is C20H18ClFN2O4S. The van der Waals surface area contributed by atoms with E-state index in [9.17, 15) is 17.6 Å². The number of halogens is 2. The van der Waals surface area contributed by atoms with Crippen LogP contribution in [-0.4, -0.2) is 25.1 Å². The van der Waals surface area contributed by atoms with Gasteiger partial charge in [0.05, 0.1) is 17.0 Å². The summed E-state index contributed by atoms with van der Waals surface area (Å²) in [4.78, 5) is 16.2. The van der Waals surface area contributed by atoms with Crippen LogP contribution >= 0.6 is 11.6 Å². The minimum Gasteiger partial charge on any atom is -0.441 e. The van der Waals surface area contributed by atoms with Crippen LogP contribution < -0.4 is 5.32 Å². The van der Waals surface area contributed by atoms with Crippen molar-refractivity contribution in [1.29, 1.82) is 0 Å². The molecule has 0 bridgehead atoms. The highest BCUT2D eigenvalue weighted by atomic mass is 35.5. The molecule has 6 nitrogen and oxygen atoms in total. The number of benzene rings is 2. The van der Waals surface area contributed by atoms with E-state index >= 15 is 0 Å². The first-order valence-corrected chi connectivity index (χ1v) is 10.9. The number of sulfone groups is 1. The van der Waals surface area contributed by atoms with Crippen LogP contribution in [0.25, 0.3) is 11.5 Å². The topological polar surface area (TPSA) is 89.3 Å². The molecule has 0 saturated carbocycles. The smallest absolute Gasteiger partial charge is 0.235 e. The Labute approximate surface area is 172 Å². The molecule has 1 N–H and O–H groups in total. The molecule has 0 aliphatic carbocycles. The molecule has 2 aromatic carbocycles. The number of nitrogens with one attached hydrogen (secondary N) is 1. The van der Waals surface area contributed by atoms with Crippen molar-refractivity contribution in [3.63, 3.8) is 0 Å². The molecule has 0 aliphatic heterocycles. The number of rotatable bonds is 7. The third-order valence-electron chi connectivity index (χ3n) is 4.14. The van der Waals surface area contributed by atoms with Crippen molar-refractivity contribution in [3.05, 3.63) is 76.4 Å². The monoisotopic (exact) mass is 436 g/mol. The minimum atomic E-state index is -3.81. The summed E-state index contributed by atoms with van der Waals surface area (Å²) in [6, 6.07) is 12.8. The molecule has 0 saturated heterocycles. The summed E-state index contributed by atoms with van der Waals surface area (Å²) in [6.45, 7) is 1.66. The lowest BCUT2D eigenvalue weighted by Gasteiger charge is -2.07. The van der Waals surface area contributed by atoms with E-state index in [0.717, 1.165) is 0 Å². The van der Waals surface area contributed by atoms with Gasteiger partial charge in [0.15, 0.2) is 9.84 Å². The normalized spacial score (nSPS) is 11.4. The number of hydrogen-bond acceptors (Lipinski definition) is 5. The molecule has 152 valence electrons. The second kappa shape index (κ2) is 8.75. The van der Waals surface area contributed by atoms with E-state index in [1.807, 2.05) is 0 Å². The first-order chi connectivity index (χ1) is 13.7. The molecular weight excluding hydrogens is 419 g/mol.